The van der Waals surface area contributed by atoms with Gasteiger partial charge in [-0.25, -0.2) is 0 Å². The summed E-state index contributed by atoms with van der Waals surface area (Å²) in [4.78, 5) is 29.4. The zero-order chi connectivity index (χ0) is 17.1. The Labute approximate surface area is 150 Å². The Bertz CT molecular complexity index is 971. The number of nitrogens with zero attached hydrogens (tertiary/aromatic N) is 2. The number of carbonyl (C=O) groups excluding carboxylic acids is 2. The molecule has 2 heterocycles. The summed E-state index contributed by atoms with van der Waals surface area (Å²) in [7, 11) is 1.33. The molecular formula is C16H13ClN2O3S2. The molecule has 0 unspecified atom stereocenters. The molecule has 1 aromatic carbocycles. The van der Waals surface area contributed by atoms with Gasteiger partial charge in [-0.2, -0.15) is 4.99 Å². The van der Waals surface area contributed by atoms with E-state index in [0.29, 0.717) is 9.14 Å². The molecule has 0 saturated heterocycles. The number of para-hydroxylation sites is 1. The minimum absolute atomic E-state index is 0.0114. The van der Waals surface area contributed by atoms with Crippen LogP contribution in [0.25, 0.3) is 10.2 Å². The maximum absolute atomic E-state index is 12.2. The Hall–Kier alpha value is -1.96. The lowest BCUT2D eigenvalue weighted by atomic mass is 10.3. The van der Waals surface area contributed by atoms with Crippen molar-refractivity contribution in [2.75, 3.05) is 7.11 Å². The van der Waals surface area contributed by atoms with E-state index in [-0.39, 0.29) is 18.9 Å². The summed E-state index contributed by atoms with van der Waals surface area (Å²) in [5, 5.41) is 0. The summed E-state index contributed by atoms with van der Waals surface area (Å²) in [5.41, 5.74) is 0.846. The maximum atomic E-state index is 12.2. The highest BCUT2D eigenvalue weighted by Crippen LogP contribution is 2.22. The molecule has 0 aliphatic heterocycles. The van der Waals surface area contributed by atoms with E-state index < -0.39 is 5.97 Å². The number of hydrogen-bond acceptors (Lipinski definition) is 5. The summed E-state index contributed by atoms with van der Waals surface area (Å²) in [6.07, 6.45) is 0.184. The molecule has 0 atom stereocenters. The summed E-state index contributed by atoms with van der Waals surface area (Å²) >= 11 is 8.60. The molecule has 0 aliphatic carbocycles. The van der Waals surface area contributed by atoms with Gasteiger partial charge in [0.15, 0.2) is 4.80 Å². The van der Waals surface area contributed by atoms with E-state index >= 15 is 0 Å². The number of halogens is 1. The number of aromatic nitrogens is 1. The van der Waals surface area contributed by atoms with E-state index in [0.717, 1.165) is 15.1 Å². The number of thiazole rings is 1. The van der Waals surface area contributed by atoms with Gasteiger partial charge in [0.2, 0.25) is 0 Å². The molecule has 3 rings (SSSR count). The first-order valence-corrected chi connectivity index (χ1v) is 9.05. The highest BCUT2D eigenvalue weighted by atomic mass is 35.5. The third-order valence-corrected chi connectivity index (χ3v) is 5.57. The molecule has 0 saturated carbocycles. The fourth-order valence-electron chi connectivity index (χ4n) is 2.19. The third kappa shape index (κ3) is 3.75. The van der Waals surface area contributed by atoms with Gasteiger partial charge in [-0.3, -0.25) is 9.59 Å². The van der Waals surface area contributed by atoms with E-state index in [1.165, 1.54) is 29.8 Å². The van der Waals surface area contributed by atoms with Crippen LogP contribution in [0.15, 0.2) is 41.4 Å². The van der Waals surface area contributed by atoms with Crippen molar-refractivity contribution in [1.29, 1.82) is 0 Å². The normalized spacial score (nSPS) is 11.8. The second-order valence-corrected chi connectivity index (χ2v) is 7.71. The minimum Gasteiger partial charge on any atom is -0.468 e. The average molecular weight is 381 g/mol. The first kappa shape index (κ1) is 16.9. The molecule has 0 spiro atoms. The number of thiophene rings is 1. The molecule has 0 bridgehead atoms. The van der Waals surface area contributed by atoms with Gasteiger partial charge in [-0.15, -0.1) is 11.3 Å². The first-order valence-electron chi connectivity index (χ1n) is 7.04. The molecular weight excluding hydrogens is 368 g/mol. The van der Waals surface area contributed by atoms with Crippen LogP contribution in [0.1, 0.15) is 4.88 Å². The first-order chi connectivity index (χ1) is 11.6. The van der Waals surface area contributed by atoms with Gasteiger partial charge in [0, 0.05) is 4.88 Å². The Balaban J connectivity index is 1.99. The van der Waals surface area contributed by atoms with Crippen LogP contribution in [-0.4, -0.2) is 23.6 Å². The molecule has 0 aliphatic rings. The summed E-state index contributed by atoms with van der Waals surface area (Å²) in [5.74, 6) is -0.670. The van der Waals surface area contributed by atoms with Crippen molar-refractivity contribution in [2.45, 2.75) is 13.0 Å². The van der Waals surface area contributed by atoms with Gasteiger partial charge in [-0.1, -0.05) is 35.1 Å². The summed E-state index contributed by atoms with van der Waals surface area (Å²) in [6, 6.07) is 11.2. The summed E-state index contributed by atoms with van der Waals surface area (Å²) < 4.78 is 8.03. The monoisotopic (exact) mass is 380 g/mol. The van der Waals surface area contributed by atoms with Crippen molar-refractivity contribution < 1.29 is 14.3 Å². The van der Waals surface area contributed by atoms with E-state index in [9.17, 15) is 9.59 Å². The van der Waals surface area contributed by atoms with Crippen LogP contribution in [0.5, 0.6) is 0 Å². The van der Waals surface area contributed by atoms with Crippen LogP contribution >= 0.6 is 34.3 Å². The van der Waals surface area contributed by atoms with Gasteiger partial charge in [0.25, 0.3) is 5.91 Å². The van der Waals surface area contributed by atoms with Crippen LogP contribution in [0.4, 0.5) is 0 Å². The van der Waals surface area contributed by atoms with E-state index in [4.69, 9.17) is 16.3 Å². The predicted octanol–water partition coefficient (Wildman–Crippen LogP) is 3.26. The van der Waals surface area contributed by atoms with Gasteiger partial charge >= 0.3 is 5.97 Å². The van der Waals surface area contributed by atoms with Gasteiger partial charge in [0.1, 0.15) is 6.54 Å². The number of carbonyl (C=O) groups is 2. The Morgan fingerprint density at radius 1 is 1.21 bits per heavy atom. The molecule has 2 aromatic heterocycles. The average Bonchev–Trinajstić information content (AvgIpc) is 3.11. The van der Waals surface area contributed by atoms with E-state index in [2.05, 4.69) is 4.99 Å². The van der Waals surface area contributed by atoms with Crippen molar-refractivity contribution in [3.8, 4) is 0 Å². The minimum atomic E-state index is -0.391. The molecule has 1 amide bonds. The highest BCUT2D eigenvalue weighted by molar-refractivity contribution is 7.16. The molecule has 8 heteroatoms. The fourth-order valence-corrected chi connectivity index (χ4v) is 4.32. The van der Waals surface area contributed by atoms with Crippen molar-refractivity contribution in [1.82, 2.24) is 4.57 Å². The van der Waals surface area contributed by atoms with E-state index in [1.807, 2.05) is 30.3 Å². The van der Waals surface area contributed by atoms with E-state index in [1.54, 1.807) is 10.6 Å². The number of fused-ring (bicyclic) bond motifs is 1. The van der Waals surface area contributed by atoms with Crippen LogP contribution in [0.2, 0.25) is 4.34 Å². The number of ether oxygens (including phenoxy) is 1. The quantitative estimate of drug-likeness (QED) is 0.653. The predicted molar refractivity (Wildman–Crippen MR) is 95.4 cm³/mol. The molecule has 0 fully saturated rings. The largest absolute Gasteiger partial charge is 0.468 e. The van der Waals surface area contributed by atoms with Gasteiger partial charge < -0.3 is 9.30 Å². The van der Waals surface area contributed by atoms with Crippen LogP contribution in [0.3, 0.4) is 0 Å². The zero-order valence-corrected chi connectivity index (χ0v) is 15.1. The Morgan fingerprint density at radius 2 is 2.00 bits per heavy atom. The molecule has 24 heavy (non-hydrogen) atoms. The lowest BCUT2D eigenvalue weighted by molar-refractivity contribution is -0.141. The molecule has 0 radical (unpaired) electrons. The van der Waals surface area contributed by atoms with Gasteiger partial charge in [-0.05, 0) is 24.3 Å². The molecule has 0 N–H and O–H groups in total. The number of benzene rings is 1. The Morgan fingerprint density at radius 3 is 2.71 bits per heavy atom. The SMILES string of the molecule is COC(=O)Cn1c(=NC(=O)Cc2ccc(Cl)s2)sc2ccccc21. The number of amides is 1. The molecule has 5 nitrogen and oxygen atoms in total. The number of hydrogen-bond donors (Lipinski definition) is 0. The highest BCUT2D eigenvalue weighted by Gasteiger charge is 2.12. The lowest BCUT2D eigenvalue weighted by Gasteiger charge is -2.03. The smallest absolute Gasteiger partial charge is 0.325 e. The van der Waals surface area contributed by atoms with Crippen molar-refractivity contribution in [3.63, 3.8) is 0 Å². The van der Waals surface area contributed by atoms with Crippen molar-refractivity contribution in [3.05, 3.63) is 50.4 Å². The van der Waals surface area contributed by atoms with Crippen LogP contribution < -0.4 is 4.80 Å². The van der Waals surface area contributed by atoms with Crippen LogP contribution in [0, 0.1) is 0 Å². The second-order valence-electron chi connectivity index (χ2n) is 4.90. The third-order valence-electron chi connectivity index (χ3n) is 3.28. The van der Waals surface area contributed by atoms with Gasteiger partial charge in [0.05, 0.1) is 28.1 Å². The number of rotatable bonds is 4. The molecule has 124 valence electrons. The van der Waals surface area contributed by atoms with Crippen molar-refractivity contribution >= 4 is 56.4 Å². The maximum Gasteiger partial charge on any atom is 0.325 e. The van der Waals surface area contributed by atoms with Crippen molar-refractivity contribution in [2.24, 2.45) is 4.99 Å². The number of esters is 1. The second kappa shape index (κ2) is 7.29. The topological polar surface area (TPSA) is 60.7 Å². The standard InChI is InChI=1S/C16H13ClN2O3S2/c1-22-15(21)9-19-11-4-2-3-5-12(11)24-16(19)18-14(20)8-10-6-7-13(17)23-10/h2-7H,8-9H2,1H3. The molecule has 3 aromatic rings. The van der Waals surface area contributed by atoms with Crippen LogP contribution in [-0.2, 0) is 27.3 Å². The number of methoxy groups -OCH3 is 1. The summed E-state index contributed by atoms with van der Waals surface area (Å²) in [6.45, 7) is 0.0114. The Kier molecular flexibility index (Phi) is 5.13. The fraction of sp³-hybridized carbons (Fsp3) is 0.188. The zero-order valence-electron chi connectivity index (χ0n) is 12.7. The lowest BCUT2D eigenvalue weighted by Crippen LogP contribution is -2.22.